The van der Waals surface area contributed by atoms with E-state index in [0.29, 0.717) is 13.0 Å². The number of rotatable bonds is 5. The Balaban J connectivity index is 1.85. The third kappa shape index (κ3) is 3.15. The zero-order valence-electron chi connectivity index (χ0n) is 12.3. The maximum Gasteiger partial charge on any atom is 0.222 e. The van der Waals surface area contributed by atoms with Crippen molar-refractivity contribution in [2.45, 2.75) is 39.2 Å². The monoisotopic (exact) mass is 304 g/mol. The second kappa shape index (κ2) is 6.39. The molecule has 1 fully saturated rings. The van der Waals surface area contributed by atoms with Gasteiger partial charge in [-0.3, -0.25) is 4.79 Å². The number of hydrogen-bond acceptors (Lipinski definition) is 5. The summed E-state index contributed by atoms with van der Waals surface area (Å²) in [5, 5.41) is 6.47. The molecule has 3 heterocycles. The fraction of sp³-hybridized carbons (Fsp3) is 0.533. The van der Waals surface area contributed by atoms with Crippen molar-refractivity contribution in [1.29, 1.82) is 0 Å². The van der Waals surface area contributed by atoms with E-state index >= 15 is 0 Å². The van der Waals surface area contributed by atoms with E-state index in [1.54, 1.807) is 11.3 Å². The van der Waals surface area contributed by atoms with Gasteiger partial charge in [0.25, 0.3) is 0 Å². The topological polar surface area (TPSA) is 58.1 Å². The molecule has 6 heteroatoms. The first kappa shape index (κ1) is 14.3. The summed E-state index contributed by atoms with van der Waals surface area (Å²) < 4.78 is 0. The number of likely N-dealkylation sites (tertiary alicyclic amines) is 1. The van der Waals surface area contributed by atoms with Crippen LogP contribution < -0.4 is 5.32 Å². The second-order valence-electron chi connectivity index (χ2n) is 5.33. The third-order valence-corrected chi connectivity index (χ3v) is 4.47. The maximum absolute atomic E-state index is 11.9. The molecule has 3 rings (SSSR count). The molecule has 0 spiro atoms. The molecule has 2 aromatic rings. The molecular formula is C15H20N4OS. The van der Waals surface area contributed by atoms with Crippen LogP contribution in [0.25, 0.3) is 10.2 Å². The summed E-state index contributed by atoms with van der Waals surface area (Å²) in [6.45, 7) is 4.37. The fourth-order valence-corrected chi connectivity index (χ4v) is 3.33. The number of carbonyl (C=O) groups is 1. The lowest BCUT2D eigenvalue weighted by atomic mass is 10.1. The van der Waals surface area contributed by atoms with E-state index in [9.17, 15) is 4.79 Å². The van der Waals surface area contributed by atoms with Gasteiger partial charge in [0.15, 0.2) is 5.82 Å². The van der Waals surface area contributed by atoms with Crippen LogP contribution in [0.15, 0.2) is 11.4 Å². The van der Waals surface area contributed by atoms with Gasteiger partial charge in [0.1, 0.15) is 10.6 Å². The van der Waals surface area contributed by atoms with Crippen molar-refractivity contribution in [2.24, 2.45) is 0 Å². The van der Waals surface area contributed by atoms with Crippen LogP contribution >= 0.6 is 11.3 Å². The standard InChI is InChI=1S/C15H20N4OS/c1-2-7-16-14-11-6-9-21-15(11)18-12(17-14)10-19-8-4-3-5-13(19)20/h6,9H,2-5,7-8,10H2,1H3,(H,16,17,18). The summed E-state index contributed by atoms with van der Waals surface area (Å²) in [5.74, 6) is 1.85. The van der Waals surface area contributed by atoms with Gasteiger partial charge in [0, 0.05) is 19.5 Å². The minimum Gasteiger partial charge on any atom is -0.369 e. The van der Waals surface area contributed by atoms with Crippen LogP contribution in [0.2, 0.25) is 0 Å². The van der Waals surface area contributed by atoms with Crippen LogP contribution in [0.5, 0.6) is 0 Å². The van der Waals surface area contributed by atoms with Gasteiger partial charge in [-0.1, -0.05) is 6.92 Å². The summed E-state index contributed by atoms with van der Waals surface area (Å²) >= 11 is 1.62. The Hall–Kier alpha value is -1.69. The summed E-state index contributed by atoms with van der Waals surface area (Å²) in [4.78, 5) is 24.0. The number of nitrogens with one attached hydrogen (secondary N) is 1. The first-order valence-electron chi connectivity index (χ1n) is 7.53. The van der Waals surface area contributed by atoms with Gasteiger partial charge in [-0.15, -0.1) is 11.3 Å². The van der Waals surface area contributed by atoms with Crippen molar-refractivity contribution in [3.63, 3.8) is 0 Å². The summed E-state index contributed by atoms with van der Waals surface area (Å²) in [6, 6.07) is 2.05. The van der Waals surface area contributed by atoms with Gasteiger partial charge in [-0.25, -0.2) is 9.97 Å². The molecule has 0 saturated carbocycles. The molecule has 1 aliphatic rings. The Morgan fingerprint density at radius 1 is 1.38 bits per heavy atom. The van der Waals surface area contributed by atoms with Crippen molar-refractivity contribution in [2.75, 3.05) is 18.4 Å². The van der Waals surface area contributed by atoms with Gasteiger partial charge >= 0.3 is 0 Å². The molecule has 0 atom stereocenters. The minimum atomic E-state index is 0.221. The Morgan fingerprint density at radius 2 is 2.29 bits per heavy atom. The molecule has 1 amide bonds. The number of aromatic nitrogens is 2. The number of carbonyl (C=O) groups excluding carboxylic acids is 1. The normalized spacial score (nSPS) is 15.7. The number of fused-ring (bicyclic) bond motifs is 1. The third-order valence-electron chi connectivity index (χ3n) is 3.67. The molecule has 2 aromatic heterocycles. The van der Waals surface area contributed by atoms with Crippen LogP contribution in [-0.2, 0) is 11.3 Å². The number of hydrogen-bond donors (Lipinski definition) is 1. The van der Waals surface area contributed by atoms with E-state index in [1.807, 2.05) is 16.3 Å². The largest absolute Gasteiger partial charge is 0.369 e. The molecule has 1 saturated heterocycles. The molecule has 1 aliphatic heterocycles. The number of anilines is 1. The quantitative estimate of drug-likeness (QED) is 0.922. The Morgan fingerprint density at radius 3 is 3.10 bits per heavy atom. The molecule has 1 N–H and O–H groups in total. The van der Waals surface area contributed by atoms with Crippen molar-refractivity contribution in [3.05, 3.63) is 17.3 Å². The lowest BCUT2D eigenvalue weighted by Crippen LogP contribution is -2.35. The van der Waals surface area contributed by atoms with Crippen LogP contribution in [0.4, 0.5) is 5.82 Å². The highest BCUT2D eigenvalue weighted by Crippen LogP contribution is 2.25. The second-order valence-corrected chi connectivity index (χ2v) is 6.22. The van der Waals surface area contributed by atoms with Gasteiger partial charge < -0.3 is 10.2 Å². The number of piperidine rings is 1. The Labute approximate surface area is 128 Å². The molecule has 0 aromatic carbocycles. The van der Waals surface area contributed by atoms with Crippen LogP contribution in [0.3, 0.4) is 0 Å². The molecule has 0 bridgehead atoms. The average Bonchev–Trinajstić information content (AvgIpc) is 2.95. The maximum atomic E-state index is 11.9. The van der Waals surface area contributed by atoms with E-state index in [4.69, 9.17) is 0 Å². The highest BCUT2D eigenvalue weighted by Gasteiger charge is 2.20. The molecule has 5 nitrogen and oxygen atoms in total. The minimum absolute atomic E-state index is 0.221. The van der Waals surface area contributed by atoms with Gasteiger partial charge in [-0.05, 0) is 30.7 Å². The number of nitrogens with zero attached hydrogens (tertiary/aromatic N) is 3. The first-order chi connectivity index (χ1) is 10.3. The summed E-state index contributed by atoms with van der Waals surface area (Å²) in [7, 11) is 0. The van der Waals surface area contributed by atoms with Gasteiger partial charge in [0.05, 0.1) is 11.9 Å². The lowest BCUT2D eigenvalue weighted by molar-refractivity contribution is -0.134. The van der Waals surface area contributed by atoms with E-state index in [1.165, 1.54) is 0 Å². The fourth-order valence-electron chi connectivity index (χ4n) is 2.55. The van der Waals surface area contributed by atoms with E-state index in [2.05, 4.69) is 22.2 Å². The molecule has 0 radical (unpaired) electrons. The highest BCUT2D eigenvalue weighted by atomic mass is 32.1. The lowest BCUT2D eigenvalue weighted by Gasteiger charge is -2.26. The number of amides is 1. The van der Waals surface area contributed by atoms with Crippen molar-refractivity contribution >= 4 is 33.3 Å². The van der Waals surface area contributed by atoms with Crippen molar-refractivity contribution in [1.82, 2.24) is 14.9 Å². The van der Waals surface area contributed by atoms with Crippen molar-refractivity contribution < 1.29 is 4.79 Å². The van der Waals surface area contributed by atoms with Crippen LogP contribution in [0, 0.1) is 0 Å². The molecule has 21 heavy (non-hydrogen) atoms. The van der Waals surface area contributed by atoms with Crippen LogP contribution in [-0.4, -0.2) is 33.9 Å². The predicted molar refractivity (Wildman–Crippen MR) is 85.5 cm³/mol. The smallest absolute Gasteiger partial charge is 0.222 e. The predicted octanol–water partition coefficient (Wildman–Crippen LogP) is 3.03. The highest BCUT2D eigenvalue weighted by molar-refractivity contribution is 7.16. The Kier molecular flexibility index (Phi) is 4.34. The zero-order valence-corrected chi connectivity index (χ0v) is 13.1. The summed E-state index contributed by atoms with van der Waals surface area (Å²) in [6.07, 6.45) is 3.79. The average molecular weight is 304 g/mol. The summed E-state index contributed by atoms with van der Waals surface area (Å²) in [5.41, 5.74) is 0. The van der Waals surface area contributed by atoms with E-state index in [0.717, 1.165) is 54.2 Å². The zero-order chi connectivity index (χ0) is 14.7. The number of thiophene rings is 1. The Bertz CT molecular complexity index is 640. The molecule has 0 aliphatic carbocycles. The van der Waals surface area contributed by atoms with Gasteiger partial charge in [0.2, 0.25) is 5.91 Å². The first-order valence-corrected chi connectivity index (χ1v) is 8.41. The van der Waals surface area contributed by atoms with Gasteiger partial charge in [-0.2, -0.15) is 0 Å². The molecule has 112 valence electrons. The van der Waals surface area contributed by atoms with E-state index in [-0.39, 0.29) is 5.91 Å². The van der Waals surface area contributed by atoms with Crippen LogP contribution in [0.1, 0.15) is 38.4 Å². The molecule has 0 unspecified atom stereocenters. The van der Waals surface area contributed by atoms with Crippen molar-refractivity contribution in [3.8, 4) is 0 Å². The van der Waals surface area contributed by atoms with E-state index < -0.39 is 0 Å². The molecular weight excluding hydrogens is 284 g/mol. The SMILES string of the molecule is CCCNc1nc(CN2CCCCC2=O)nc2sccc12.